The monoisotopic (exact) mass is 1050 g/mol. The summed E-state index contributed by atoms with van der Waals surface area (Å²) in [5, 5.41) is 13.7. The lowest BCUT2D eigenvalue weighted by Crippen LogP contribution is -2.35. The van der Waals surface area contributed by atoms with Crippen molar-refractivity contribution < 1.29 is 14.4 Å². The predicted molar refractivity (Wildman–Crippen MR) is 309 cm³/mol. The number of urea groups is 3. The number of hydrogen-bond donors (Lipinski definition) is 11. The first kappa shape index (κ1) is 66.3. The van der Waals surface area contributed by atoms with Crippen LogP contribution in [0, 0.1) is 48.5 Å². The van der Waals surface area contributed by atoms with E-state index in [2.05, 4.69) is 51.5 Å². The van der Waals surface area contributed by atoms with Gasteiger partial charge in [-0.05, 0) is 147 Å². The molecule has 0 aliphatic carbocycles. The average Bonchev–Trinajstić information content (AvgIpc) is 3.33. The molecule has 2 unspecified atom stereocenters. The zero-order valence-electron chi connectivity index (χ0n) is 44.8. The van der Waals surface area contributed by atoms with Crippen molar-refractivity contribution in [2.75, 3.05) is 27.4 Å². The van der Waals surface area contributed by atoms with Gasteiger partial charge in [-0.15, -0.1) is 12.4 Å². The summed E-state index contributed by atoms with van der Waals surface area (Å²) in [6, 6.07) is 38.1. The third kappa shape index (κ3) is 33.6. The minimum atomic E-state index is -0.533. The van der Waals surface area contributed by atoms with Gasteiger partial charge >= 0.3 is 29.5 Å². The molecule has 0 bridgehead atoms. The number of aromatic nitrogens is 5. The standard InChI is InChI=1S/2C12H18N2O.C8H10N2O.2C7H9N.C5H6N2O2.C4H5N3O.ClH/c1-4-10(3)13-12(15)14-11-7-5-9(2)6-8-11;1-4-10(3)13-12(15)14-11-7-5-6-9(2)8-11;1-6-2-4-7(5-3-6)10-8(9)11;1-6-2-4-7(8)5-3-6;1-6-3-2-4-7(8)5-6;1-3-2-6-5(9)7-4(3)8;1-3-5-2-6-4(8)7-3;/h2*5-8,10H,4H2,1-3H3,(H2,13,14,15);2-5H,1H3,(H3,9,10,11);2*2-5H,8H2,1H3;2H,1H3,(H2,6,7,8,9);2H,1H3,(H,5,6,7,8);1H. The first-order chi connectivity index (χ1) is 35.0. The highest BCUT2D eigenvalue weighted by molar-refractivity contribution is 5.90. The Balaban J connectivity index is 0.000000863. The zero-order chi connectivity index (χ0) is 55.6. The van der Waals surface area contributed by atoms with Crippen molar-refractivity contribution >= 4 is 58.9 Å². The van der Waals surface area contributed by atoms with Gasteiger partial charge in [0.2, 0.25) is 0 Å². The number of benzene rings is 5. The number of halogens is 1. The normalized spacial score (nSPS) is 10.2. The third-order valence-corrected chi connectivity index (χ3v) is 9.72. The van der Waals surface area contributed by atoms with E-state index in [1.807, 2.05) is 172 Å². The van der Waals surface area contributed by atoms with E-state index in [-0.39, 0.29) is 47.8 Å². The van der Waals surface area contributed by atoms with E-state index >= 15 is 0 Å². The first-order valence-corrected chi connectivity index (χ1v) is 23.7. The van der Waals surface area contributed by atoms with Crippen LogP contribution in [-0.4, -0.2) is 55.1 Å². The highest BCUT2D eigenvalue weighted by Gasteiger charge is 2.06. The molecule has 0 aliphatic heterocycles. The van der Waals surface area contributed by atoms with Gasteiger partial charge in [0, 0.05) is 52.3 Å². The van der Waals surface area contributed by atoms with Crippen molar-refractivity contribution in [3.05, 3.63) is 204 Å². The molecule has 0 aliphatic rings. The highest BCUT2D eigenvalue weighted by atomic mass is 35.5. The molecule has 2 atom stereocenters. The second kappa shape index (κ2) is 37.1. The Labute approximate surface area is 445 Å². The molecule has 5 aromatic carbocycles. The number of aryl methyl sites for hydroxylation is 7. The van der Waals surface area contributed by atoms with Crippen LogP contribution in [0.25, 0.3) is 0 Å². The van der Waals surface area contributed by atoms with E-state index in [1.54, 1.807) is 26.0 Å². The van der Waals surface area contributed by atoms with Gasteiger partial charge < -0.3 is 48.8 Å². The molecule has 2 aromatic heterocycles. The summed E-state index contributed by atoms with van der Waals surface area (Å²) in [7, 11) is 0. The summed E-state index contributed by atoms with van der Waals surface area (Å²) in [5.74, 6) is 0.588. The maximum atomic E-state index is 11.5. The van der Waals surface area contributed by atoms with E-state index in [0.29, 0.717) is 11.4 Å². The molecule has 20 heteroatoms. The summed E-state index contributed by atoms with van der Waals surface area (Å²) < 4.78 is 0. The largest absolute Gasteiger partial charge is 0.399 e. The summed E-state index contributed by atoms with van der Waals surface area (Å²) in [4.78, 5) is 78.2. The van der Waals surface area contributed by atoms with Crippen molar-refractivity contribution in [1.82, 2.24) is 35.6 Å². The molecule has 0 fully saturated rings. The maximum Gasteiger partial charge on any atom is 0.347 e. The van der Waals surface area contributed by atoms with E-state index in [0.717, 1.165) is 52.4 Å². The average molecular weight is 1050 g/mol. The lowest BCUT2D eigenvalue weighted by atomic mass is 10.2. The molecule has 7 aromatic rings. The molecular formula is C55H76ClN13O6. The topological polar surface area (TPSA) is 314 Å². The van der Waals surface area contributed by atoms with Crippen LogP contribution < -0.4 is 60.7 Å². The van der Waals surface area contributed by atoms with Crippen LogP contribution in [0.2, 0.25) is 0 Å². The van der Waals surface area contributed by atoms with Crippen LogP contribution in [0.5, 0.6) is 0 Å². The molecule has 0 saturated carbocycles. The zero-order valence-corrected chi connectivity index (χ0v) is 45.6. The molecule has 14 N–H and O–H groups in total. The SMILES string of the molecule is CCC(C)NC(=O)Nc1ccc(C)cc1.CCC(C)NC(=O)Nc1cccc(C)c1.Cc1c[nH]c(=O)[nH]c1=O.Cc1ccc(N)cc1.Cc1ccc(NC(N)=O)cc1.Cc1cccc(N)c1.Cc1ncnc(=O)[nH]1.Cl. The number of nitrogens with one attached hydrogen (secondary N) is 8. The van der Waals surface area contributed by atoms with Crippen LogP contribution in [0.4, 0.5) is 42.8 Å². The van der Waals surface area contributed by atoms with Gasteiger partial charge in [0.1, 0.15) is 12.2 Å². The fourth-order valence-electron chi connectivity index (χ4n) is 5.23. The van der Waals surface area contributed by atoms with E-state index in [4.69, 9.17) is 17.2 Å². The van der Waals surface area contributed by atoms with Crippen LogP contribution in [0.1, 0.15) is 79.7 Å². The van der Waals surface area contributed by atoms with Gasteiger partial charge in [-0.25, -0.2) is 29.0 Å². The molecule has 2 heterocycles. The van der Waals surface area contributed by atoms with Crippen LogP contribution in [0.3, 0.4) is 0 Å². The lowest BCUT2D eigenvalue weighted by Gasteiger charge is -2.12. The number of carbonyl (C=O) groups is 3. The van der Waals surface area contributed by atoms with E-state index in [1.165, 1.54) is 29.2 Å². The smallest absolute Gasteiger partial charge is 0.347 e. The van der Waals surface area contributed by atoms with Gasteiger partial charge in [0.25, 0.3) is 5.56 Å². The minimum Gasteiger partial charge on any atom is -0.399 e. The Kier molecular flexibility index (Phi) is 32.8. The highest BCUT2D eigenvalue weighted by Crippen LogP contribution is 2.11. The van der Waals surface area contributed by atoms with E-state index in [9.17, 15) is 28.8 Å². The quantitative estimate of drug-likeness (QED) is 0.0671. The Morgan fingerprint density at radius 1 is 0.547 bits per heavy atom. The van der Waals surface area contributed by atoms with Gasteiger partial charge in [0.15, 0.2) is 0 Å². The van der Waals surface area contributed by atoms with Crippen LogP contribution in [-0.2, 0) is 0 Å². The van der Waals surface area contributed by atoms with Gasteiger partial charge in [-0.1, -0.05) is 91.2 Å². The lowest BCUT2D eigenvalue weighted by molar-refractivity contribution is 0.248. The number of carbonyl (C=O) groups excluding carboxylic acids is 3. The number of nitrogens with zero attached hydrogens (tertiary/aromatic N) is 2. The molecular weight excluding hydrogens is 974 g/mol. The number of aromatic amines is 3. The number of rotatable bonds is 7. The number of H-pyrrole nitrogens is 3. The molecule has 404 valence electrons. The van der Waals surface area contributed by atoms with E-state index < -0.39 is 11.7 Å². The second-order valence-electron chi connectivity index (χ2n) is 16.9. The molecule has 6 amide bonds. The third-order valence-electron chi connectivity index (χ3n) is 9.72. The Bertz CT molecular complexity index is 2870. The van der Waals surface area contributed by atoms with Gasteiger partial charge in [-0.2, -0.15) is 4.98 Å². The number of amides is 6. The van der Waals surface area contributed by atoms with Crippen molar-refractivity contribution in [3.8, 4) is 0 Å². The van der Waals surface area contributed by atoms with Crippen molar-refractivity contribution in [2.45, 2.75) is 101 Å². The van der Waals surface area contributed by atoms with Crippen molar-refractivity contribution in [1.29, 1.82) is 0 Å². The Morgan fingerprint density at radius 2 is 1.00 bits per heavy atom. The summed E-state index contributed by atoms with van der Waals surface area (Å²) >= 11 is 0. The summed E-state index contributed by atoms with van der Waals surface area (Å²) in [6.45, 7) is 21.4. The molecule has 19 nitrogen and oxygen atoms in total. The predicted octanol–water partition coefficient (Wildman–Crippen LogP) is 9.74. The number of hydrogen-bond acceptors (Lipinski definition) is 10. The summed E-state index contributed by atoms with van der Waals surface area (Å²) in [6.07, 6.45) is 4.47. The number of anilines is 5. The molecule has 0 radical (unpaired) electrons. The molecule has 75 heavy (non-hydrogen) atoms. The number of nitrogen functional groups attached to an aromatic ring is 2. The summed E-state index contributed by atoms with van der Waals surface area (Å²) in [5.41, 5.74) is 25.1. The van der Waals surface area contributed by atoms with Crippen LogP contribution >= 0.6 is 12.4 Å². The van der Waals surface area contributed by atoms with Crippen LogP contribution in [0.15, 0.2) is 148 Å². The molecule has 7 rings (SSSR count). The Morgan fingerprint density at radius 3 is 1.36 bits per heavy atom. The molecule has 0 saturated heterocycles. The van der Waals surface area contributed by atoms with Gasteiger partial charge in [0.05, 0.1) is 0 Å². The number of primary amides is 1. The molecule has 0 spiro atoms. The Hall–Kier alpha value is -8.71. The second-order valence-corrected chi connectivity index (χ2v) is 16.9. The minimum absolute atomic E-state index is 0. The van der Waals surface area contributed by atoms with Gasteiger partial charge in [-0.3, -0.25) is 14.8 Å². The van der Waals surface area contributed by atoms with Crippen molar-refractivity contribution in [2.24, 2.45) is 5.73 Å². The van der Waals surface area contributed by atoms with Crippen molar-refractivity contribution in [3.63, 3.8) is 0 Å². The first-order valence-electron chi connectivity index (χ1n) is 23.7. The maximum absolute atomic E-state index is 11.5. The fraction of sp³-hybridized carbons (Fsp3) is 0.273. The fourth-order valence-corrected chi connectivity index (χ4v) is 5.23. The number of nitrogens with two attached hydrogens (primary N) is 3.